The van der Waals surface area contributed by atoms with E-state index in [-0.39, 0.29) is 32.0 Å². The van der Waals surface area contributed by atoms with Crippen molar-refractivity contribution in [3.05, 3.63) is 58.7 Å². The van der Waals surface area contributed by atoms with Gasteiger partial charge in [0.2, 0.25) is 0 Å². The molecule has 2 aromatic rings. The number of likely N-dealkylation sites (tertiary alicyclic amines) is 2. The SMILES string of the molecule is CN1CCN(C2CCN(C3(CC=O)CC(N4CCc5ccccc5NC4=O)CC[N@+]3(Cc3cc(C(F)(F)F)c(N)c(C(F)(F)F)c3)C(=O)[O-])CC2)CC1. The Morgan fingerprint density at radius 1 is 0.962 bits per heavy atom. The van der Waals surface area contributed by atoms with Gasteiger partial charge in [0.25, 0.3) is 6.09 Å². The number of nitrogen functional groups attached to an aromatic ring is 1. The summed E-state index contributed by atoms with van der Waals surface area (Å²) in [6.45, 7) is 3.16. The maximum absolute atomic E-state index is 14.1. The molecule has 53 heavy (non-hydrogen) atoms. The number of urea groups is 1. The summed E-state index contributed by atoms with van der Waals surface area (Å²) in [4.78, 5) is 48.2. The summed E-state index contributed by atoms with van der Waals surface area (Å²) in [5.74, 6) is 0. The minimum absolute atomic E-state index is 0.0311. The van der Waals surface area contributed by atoms with Crippen LogP contribution < -0.4 is 16.2 Å². The van der Waals surface area contributed by atoms with E-state index in [1.165, 1.54) is 0 Å². The molecule has 0 aromatic heterocycles. The molecule has 11 nitrogen and oxygen atoms in total. The molecule has 290 valence electrons. The number of piperazine rings is 1. The number of carbonyl (C=O) groups excluding carboxylic acids is 3. The van der Waals surface area contributed by atoms with Crippen LogP contribution in [0.3, 0.4) is 0 Å². The maximum atomic E-state index is 14.1. The van der Waals surface area contributed by atoms with E-state index >= 15 is 0 Å². The number of amides is 3. The molecule has 0 aliphatic carbocycles. The Morgan fingerprint density at radius 3 is 2.17 bits per heavy atom. The van der Waals surface area contributed by atoms with Crippen molar-refractivity contribution < 1.29 is 50.3 Å². The van der Waals surface area contributed by atoms with Crippen LogP contribution in [0.1, 0.15) is 54.4 Å². The van der Waals surface area contributed by atoms with Gasteiger partial charge in [-0.15, -0.1) is 0 Å². The summed E-state index contributed by atoms with van der Waals surface area (Å²) in [7, 11) is 2.04. The molecule has 3 N–H and O–H groups in total. The second kappa shape index (κ2) is 14.7. The first-order valence-electron chi connectivity index (χ1n) is 17.9. The number of likely N-dealkylation sites (N-methyl/N-ethyl adjacent to an activating group) is 1. The zero-order chi connectivity index (χ0) is 38.3. The van der Waals surface area contributed by atoms with Crippen LogP contribution in [0.4, 0.5) is 47.3 Å². The first-order valence-corrected chi connectivity index (χ1v) is 17.9. The number of fused-ring (bicyclic) bond motifs is 1. The number of piperidine rings is 2. The topological polar surface area (TPSA) is 125 Å². The zero-order valence-corrected chi connectivity index (χ0v) is 29.5. The number of hydrogen-bond donors (Lipinski definition) is 2. The third-order valence-electron chi connectivity index (χ3n) is 12.0. The number of carboxylic acid groups (broad SMARTS) is 1. The normalized spacial score (nSPS) is 27.2. The van der Waals surface area contributed by atoms with E-state index in [1.807, 2.05) is 24.1 Å². The van der Waals surface area contributed by atoms with Crippen molar-refractivity contribution in [3.63, 3.8) is 0 Å². The van der Waals surface area contributed by atoms with Gasteiger partial charge in [-0.05, 0) is 50.1 Å². The Labute approximate surface area is 303 Å². The highest BCUT2D eigenvalue weighted by Gasteiger charge is 2.61. The lowest BCUT2D eigenvalue weighted by Crippen LogP contribution is -2.80. The van der Waals surface area contributed by atoms with Gasteiger partial charge in [0.05, 0.1) is 29.8 Å². The second-order valence-electron chi connectivity index (χ2n) is 14.8. The fourth-order valence-electron chi connectivity index (χ4n) is 9.13. The minimum Gasteiger partial charge on any atom is -0.498 e. The molecule has 6 rings (SSSR count). The Hall–Kier alpha value is -3.93. The van der Waals surface area contributed by atoms with Gasteiger partial charge in [0, 0.05) is 82.0 Å². The molecular formula is C36H45F6N7O4. The first-order chi connectivity index (χ1) is 25.0. The van der Waals surface area contributed by atoms with E-state index in [0.29, 0.717) is 56.5 Å². The molecule has 2 unspecified atom stereocenters. The van der Waals surface area contributed by atoms with Crippen molar-refractivity contribution in [2.24, 2.45) is 0 Å². The fourth-order valence-corrected chi connectivity index (χ4v) is 9.13. The Kier molecular flexibility index (Phi) is 10.8. The van der Waals surface area contributed by atoms with Crippen LogP contribution >= 0.6 is 0 Å². The molecule has 0 saturated carbocycles. The monoisotopic (exact) mass is 753 g/mol. The largest absolute Gasteiger partial charge is 0.498 e. The number of halogens is 6. The van der Waals surface area contributed by atoms with E-state index in [9.17, 15) is 45.8 Å². The predicted octanol–water partition coefficient (Wildman–Crippen LogP) is 4.22. The molecular weight excluding hydrogens is 708 g/mol. The van der Waals surface area contributed by atoms with Gasteiger partial charge >= 0.3 is 18.4 Å². The van der Waals surface area contributed by atoms with Crippen molar-refractivity contribution in [2.45, 2.75) is 75.2 Å². The molecule has 0 bridgehead atoms. The molecule has 3 atom stereocenters. The second-order valence-corrected chi connectivity index (χ2v) is 14.8. The molecule has 0 radical (unpaired) electrons. The first kappa shape index (κ1) is 38.8. The van der Waals surface area contributed by atoms with Crippen LogP contribution in [0.2, 0.25) is 0 Å². The maximum Gasteiger partial charge on any atom is 0.418 e. The van der Waals surface area contributed by atoms with Gasteiger partial charge in [0.15, 0.2) is 5.66 Å². The molecule has 4 heterocycles. The predicted molar refractivity (Wildman–Crippen MR) is 181 cm³/mol. The number of nitrogens with one attached hydrogen (secondary N) is 1. The lowest BCUT2D eigenvalue weighted by atomic mass is 9.81. The summed E-state index contributed by atoms with van der Waals surface area (Å²) in [5, 5.41) is 16.6. The quantitative estimate of drug-likeness (QED) is 0.187. The molecule has 2 aromatic carbocycles. The molecule has 4 aliphatic heterocycles. The van der Waals surface area contributed by atoms with Crippen molar-refractivity contribution in [2.75, 3.05) is 70.5 Å². The summed E-state index contributed by atoms with van der Waals surface area (Å²) >= 11 is 0. The number of rotatable bonds is 7. The van der Waals surface area contributed by atoms with Crippen molar-refractivity contribution in [3.8, 4) is 0 Å². The van der Waals surface area contributed by atoms with Gasteiger partial charge < -0.3 is 35.5 Å². The summed E-state index contributed by atoms with van der Waals surface area (Å²) in [6.07, 6.45) is -10.5. The average molecular weight is 754 g/mol. The van der Waals surface area contributed by atoms with E-state index in [2.05, 4.69) is 15.1 Å². The minimum atomic E-state index is -5.28. The van der Waals surface area contributed by atoms with Gasteiger partial charge in [-0.25, -0.2) is 4.79 Å². The number of carbonyl (C=O) groups is 3. The molecule has 17 heteroatoms. The van der Waals surface area contributed by atoms with Gasteiger partial charge in [-0.2, -0.15) is 26.3 Å². The smallest absolute Gasteiger partial charge is 0.418 e. The Morgan fingerprint density at radius 2 is 1.58 bits per heavy atom. The molecule has 3 saturated heterocycles. The van der Waals surface area contributed by atoms with Crippen molar-refractivity contribution in [1.29, 1.82) is 0 Å². The fraction of sp³-hybridized carbons (Fsp3) is 0.583. The number of benzene rings is 2. The van der Waals surface area contributed by atoms with Crippen molar-refractivity contribution in [1.82, 2.24) is 19.6 Å². The van der Waals surface area contributed by atoms with E-state index in [0.717, 1.165) is 31.7 Å². The number of alkyl halides is 6. The Balaban J connectivity index is 1.42. The summed E-state index contributed by atoms with van der Waals surface area (Å²) < 4.78 is 83.7. The van der Waals surface area contributed by atoms with Crippen LogP contribution in [0.15, 0.2) is 36.4 Å². The van der Waals surface area contributed by atoms with Crippen molar-refractivity contribution >= 4 is 29.8 Å². The number of quaternary nitrogens is 1. The zero-order valence-electron chi connectivity index (χ0n) is 29.5. The number of nitrogens with zero attached hydrogens (tertiary/aromatic N) is 5. The molecule has 3 amide bonds. The van der Waals surface area contributed by atoms with Crippen LogP contribution in [0.25, 0.3) is 0 Å². The number of para-hydroxylation sites is 1. The van der Waals surface area contributed by atoms with Gasteiger partial charge in [0.1, 0.15) is 12.8 Å². The highest BCUT2D eigenvalue weighted by molar-refractivity contribution is 5.91. The molecule has 0 spiro atoms. The average Bonchev–Trinajstić information content (AvgIpc) is 3.27. The van der Waals surface area contributed by atoms with Crippen LogP contribution in [0, 0.1) is 0 Å². The van der Waals surface area contributed by atoms with E-state index < -0.39 is 76.0 Å². The Bertz CT molecular complexity index is 1660. The third-order valence-corrected chi connectivity index (χ3v) is 12.0. The molecule has 4 aliphatic rings. The lowest BCUT2D eigenvalue weighted by molar-refractivity contribution is -0.956. The van der Waals surface area contributed by atoms with Crippen LogP contribution in [-0.2, 0) is 30.1 Å². The van der Waals surface area contributed by atoms with Gasteiger partial charge in [-0.1, -0.05) is 18.2 Å². The van der Waals surface area contributed by atoms with E-state index in [4.69, 9.17) is 5.73 Å². The summed E-state index contributed by atoms with van der Waals surface area (Å²) in [6, 6.07) is 7.33. The highest BCUT2D eigenvalue weighted by atomic mass is 19.4. The number of anilines is 2. The number of hydrogen-bond acceptors (Lipinski definition) is 8. The standard InChI is InChI=1S/C36H45F6N7O4/c1-45-14-16-46(17-15-45)26-7-11-47(12-8-26)34(10-19-50)22-27(48-13-6-25-4-2-3-5-30(25)44-32(48)51)9-18-49(34,33(52)53)23-24-20-28(35(37,38)39)31(43)29(21-24)36(40,41)42/h2-5,19-21,26-27H,6-18,22-23,43H2,1H3,(H-,44,51,52,53)/t27?,34?,49-/m0/s1. The van der Waals surface area contributed by atoms with Crippen LogP contribution in [-0.4, -0.2) is 120 Å². The summed E-state index contributed by atoms with van der Waals surface area (Å²) in [5.41, 5.74) is -0.267. The molecule has 3 fully saturated rings. The number of aldehydes is 1. The number of nitrogens with two attached hydrogens (primary N) is 1. The lowest BCUT2D eigenvalue weighted by Gasteiger charge is -2.62. The van der Waals surface area contributed by atoms with E-state index in [1.54, 1.807) is 17.0 Å². The van der Waals surface area contributed by atoms with Gasteiger partial charge in [-0.3, -0.25) is 14.3 Å². The van der Waals surface area contributed by atoms with Crippen LogP contribution in [0.5, 0.6) is 0 Å². The highest BCUT2D eigenvalue weighted by Crippen LogP contribution is 2.48. The third kappa shape index (κ3) is 7.44.